The normalized spacial score (nSPS) is 21.5. The van der Waals surface area contributed by atoms with Gasteiger partial charge < -0.3 is 44.3 Å². The van der Waals surface area contributed by atoms with E-state index in [0.717, 1.165) is 36.6 Å². The SMILES string of the molecule is CC[C@@]1(O)C(=O)OCc2c1cc1n(c2=O)Cc2cc3c(CN4CCN(C(=O)N5CCN(c6ccc(C(=O)NC7CCC(Oc8ccc(C#N)c(Cl)c8)CC7)nn6)CC5)CC4)c(O)ccc3nc2-1. The van der Waals surface area contributed by atoms with Crippen molar-refractivity contribution in [2.75, 3.05) is 57.3 Å². The number of hydrogen-bond acceptors (Lipinski definition) is 14. The second-order valence-electron chi connectivity index (χ2n) is 17.8. The minimum Gasteiger partial charge on any atom is -0.508 e. The van der Waals surface area contributed by atoms with E-state index in [9.17, 15) is 29.4 Å². The zero-order chi connectivity index (χ0) is 46.6. The van der Waals surface area contributed by atoms with E-state index in [1.54, 1.807) is 60.0 Å². The van der Waals surface area contributed by atoms with E-state index in [2.05, 4.69) is 25.3 Å². The zero-order valence-corrected chi connectivity index (χ0v) is 37.7. The Morgan fingerprint density at radius 3 is 2.39 bits per heavy atom. The number of halogens is 1. The molecule has 10 rings (SSSR count). The highest BCUT2D eigenvalue weighted by Crippen LogP contribution is 2.40. The maximum absolute atomic E-state index is 13.7. The Labute approximate surface area is 390 Å². The summed E-state index contributed by atoms with van der Waals surface area (Å²) in [5, 5.41) is 44.3. The highest BCUT2D eigenvalue weighted by Gasteiger charge is 2.45. The smallest absolute Gasteiger partial charge is 0.343 e. The van der Waals surface area contributed by atoms with Crippen molar-refractivity contribution in [3.8, 4) is 29.0 Å². The number of aliphatic hydroxyl groups is 1. The number of phenols is 1. The zero-order valence-electron chi connectivity index (χ0n) is 36.9. The highest BCUT2D eigenvalue weighted by molar-refractivity contribution is 6.31. The lowest BCUT2D eigenvalue weighted by Gasteiger charge is -2.40. The van der Waals surface area contributed by atoms with E-state index in [1.165, 1.54) is 0 Å². The molecule has 2 aromatic carbocycles. The third-order valence-electron chi connectivity index (χ3n) is 13.9. The summed E-state index contributed by atoms with van der Waals surface area (Å²) in [7, 11) is 0. The van der Waals surface area contributed by atoms with Gasteiger partial charge in [-0.15, -0.1) is 10.2 Å². The molecule has 3 aromatic heterocycles. The van der Waals surface area contributed by atoms with E-state index in [0.29, 0.717) is 104 Å². The lowest BCUT2D eigenvalue weighted by molar-refractivity contribution is -0.172. The number of carbonyl (C=O) groups is 3. The number of amides is 3. The van der Waals surface area contributed by atoms with Crippen LogP contribution in [0.25, 0.3) is 22.3 Å². The maximum Gasteiger partial charge on any atom is 0.343 e. The van der Waals surface area contributed by atoms with Crippen molar-refractivity contribution < 1.29 is 34.1 Å². The number of fused-ring (bicyclic) bond motifs is 5. The first-order valence-electron chi connectivity index (χ1n) is 22.7. The van der Waals surface area contributed by atoms with Gasteiger partial charge in [0.25, 0.3) is 11.5 Å². The summed E-state index contributed by atoms with van der Waals surface area (Å²) in [6.45, 7) is 6.58. The van der Waals surface area contributed by atoms with E-state index in [1.807, 2.05) is 21.9 Å². The molecule has 2 saturated heterocycles. The predicted octanol–water partition coefficient (Wildman–Crippen LogP) is 4.28. The Bertz CT molecular complexity index is 2900. The number of piperazine rings is 2. The average molecular weight is 929 g/mol. The quantitative estimate of drug-likeness (QED) is 0.182. The third-order valence-corrected chi connectivity index (χ3v) is 14.2. The molecule has 3 amide bonds. The summed E-state index contributed by atoms with van der Waals surface area (Å²) < 4.78 is 12.9. The number of pyridine rings is 2. The van der Waals surface area contributed by atoms with Crippen LogP contribution in [0.3, 0.4) is 0 Å². The molecule has 5 aromatic rings. The Kier molecular flexibility index (Phi) is 11.7. The Morgan fingerprint density at radius 1 is 0.955 bits per heavy atom. The number of nitrogens with one attached hydrogen (secondary N) is 1. The summed E-state index contributed by atoms with van der Waals surface area (Å²) in [6, 6.07) is 17.6. The monoisotopic (exact) mass is 928 g/mol. The van der Waals surface area contributed by atoms with Gasteiger partial charge >= 0.3 is 12.0 Å². The van der Waals surface area contributed by atoms with Crippen molar-refractivity contribution in [3.05, 3.63) is 103 Å². The van der Waals surface area contributed by atoms with Gasteiger partial charge in [0.15, 0.2) is 17.1 Å². The molecule has 346 valence electrons. The number of aromatic hydroxyl groups is 1. The molecule has 1 atom stereocenters. The minimum atomic E-state index is -1.91. The van der Waals surface area contributed by atoms with Gasteiger partial charge in [-0.25, -0.2) is 14.6 Å². The van der Waals surface area contributed by atoms with Crippen molar-refractivity contribution in [1.29, 1.82) is 5.26 Å². The van der Waals surface area contributed by atoms with E-state index in [4.69, 9.17) is 31.3 Å². The topological polar surface area (TPSA) is 220 Å². The lowest BCUT2D eigenvalue weighted by Crippen LogP contribution is -2.56. The number of phenolic OH excluding ortho intramolecular Hbond substituents is 1. The molecule has 3 N–H and O–H groups in total. The van der Waals surface area contributed by atoms with Gasteiger partial charge in [0.1, 0.15) is 24.2 Å². The highest BCUT2D eigenvalue weighted by atomic mass is 35.5. The fourth-order valence-corrected chi connectivity index (χ4v) is 10.2. The fraction of sp³-hybridized carbons (Fsp3) is 0.417. The molecule has 3 fully saturated rings. The van der Waals surface area contributed by atoms with Crippen LogP contribution in [0, 0.1) is 11.3 Å². The van der Waals surface area contributed by atoms with E-state index in [-0.39, 0.29) is 71.8 Å². The number of esters is 1. The van der Waals surface area contributed by atoms with Crippen molar-refractivity contribution in [2.45, 2.75) is 76.5 Å². The number of nitrogens with zero attached hydrogens (tertiary/aromatic N) is 9. The molecule has 7 heterocycles. The summed E-state index contributed by atoms with van der Waals surface area (Å²) in [5.74, 6) is 0.350. The maximum atomic E-state index is 13.7. The number of ether oxygens (including phenoxy) is 2. The second-order valence-corrected chi connectivity index (χ2v) is 18.3. The minimum absolute atomic E-state index is 0.00836. The molecule has 1 aliphatic carbocycles. The molecule has 0 unspecified atom stereocenters. The van der Waals surface area contributed by atoms with Crippen LogP contribution in [-0.4, -0.2) is 127 Å². The number of cyclic esters (lactones) is 1. The summed E-state index contributed by atoms with van der Waals surface area (Å²) in [5.41, 5.74) is 2.17. The molecular formula is C48H49ClN10O8. The summed E-state index contributed by atoms with van der Waals surface area (Å²) in [4.78, 5) is 66.0. The number of aromatic nitrogens is 4. The largest absolute Gasteiger partial charge is 0.508 e. The number of benzene rings is 2. The number of hydrogen-bond donors (Lipinski definition) is 3. The van der Waals surface area contributed by atoms with Crippen molar-refractivity contribution in [1.82, 2.24) is 39.8 Å². The average Bonchev–Trinajstić information content (AvgIpc) is 3.71. The van der Waals surface area contributed by atoms with Crippen LogP contribution in [0.5, 0.6) is 11.5 Å². The fourth-order valence-electron chi connectivity index (χ4n) is 9.97. The molecular weight excluding hydrogens is 880 g/mol. The van der Waals surface area contributed by atoms with Gasteiger partial charge in [-0.05, 0) is 80.6 Å². The number of anilines is 1. The molecule has 67 heavy (non-hydrogen) atoms. The number of urea groups is 1. The summed E-state index contributed by atoms with van der Waals surface area (Å²) in [6.07, 6.45) is 3.07. The Balaban J connectivity index is 0.701. The molecule has 19 heteroatoms. The van der Waals surface area contributed by atoms with Gasteiger partial charge in [0.2, 0.25) is 0 Å². The summed E-state index contributed by atoms with van der Waals surface area (Å²) >= 11 is 6.15. The lowest BCUT2D eigenvalue weighted by atomic mass is 9.86. The number of nitriles is 1. The number of carbonyl (C=O) groups excluding carboxylic acids is 3. The van der Waals surface area contributed by atoms with Gasteiger partial charge in [-0.2, -0.15) is 5.26 Å². The molecule has 5 aliphatic rings. The van der Waals surface area contributed by atoms with Gasteiger partial charge in [0, 0.05) is 93.1 Å². The van der Waals surface area contributed by atoms with Gasteiger partial charge in [-0.1, -0.05) is 18.5 Å². The Morgan fingerprint density at radius 2 is 1.70 bits per heavy atom. The van der Waals surface area contributed by atoms with Crippen molar-refractivity contribution in [2.24, 2.45) is 0 Å². The van der Waals surface area contributed by atoms with Crippen LogP contribution >= 0.6 is 11.6 Å². The molecule has 1 saturated carbocycles. The van der Waals surface area contributed by atoms with Gasteiger partial charge in [0.05, 0.1) is 45.7 Å². The molecule has 0 radical (unpaired) electrons. The first-order chi connectivity index (χ1) is 32.4. The van der Waals surface area contributed by atoms with E-state index >= 15 is 0 Å². The molecule has 4 aliphatic heterocycles. The van der Waals surface area contributed by atoms with Crippen LogP contribution < -0.4 is 20.5 Å². The third kappa shape index (κ3) is 8.25. The van der Waals surface area contributed by atoms with Crippen LogP contribution in [-0.2, 0) is 34.8 Å². The number of rotatable bonds is 8. The first kappa shape index (κ1) is 44.0. The van der Waals surface area contributed by atoms with Crippen molar-refractivity contribution >= 4 is 46.2 Å². The first-order valence-corrected chi connectivity index (χ1v) is 23.1. The Hall–Kier alpha value is -6.81. The molecule has 18 nitrogen and oxygen atoms in total. The standard InChI is InChI=1S/C48H49ClN10O8/c1-2-48(65)36-23-40-43-29(25-59(40)45(62)35(36)27-66-46(48)63)21-33-34(41(60)11-9-38(33)52-43)26-55-13-15-57(16-14-55)47(64)58-19-17-56(18-20-58)42-12-10-39(53-54-42)44(61)51-30-4-7-31(8-5-30)67-32-6-3-28(24-50)37(49)22-32/h3,6,9-12,21-23,30-31,60,65H,2,4-5,7-8,13-20,25-27H2,1H3,(H,51,61)/t30?,31?,48-/m0/s1. The second kappa shape index (κ2) is 17.8. The molecule has 0 bridgehead atoms. The van der Waals surface area contributed by atoms with Crippen LogP contribution in [0.15, 0.2) is 59.4 Å². The van der Waals surface area contributed by atoms with Crippen LogP contribution in [0.1, 0.15) is 77.3 Å². The molecule has 0 spiro atoms. The van der Waals surface area contributed by atoms with Crippen LogP contribution in [0.2, 0.25) is 5.02 Å². The van der Waals surface area contributed by atoms with E-state index < -0.39 is 11.6 Å². The van der Waals surface area contributed by atoms with Crippen LogP contribution in [0.4, 0.5) is 10.6 Å². The van der Waals surface area contributed by atoms with Crippen molar-refractivity contribution in [3.63, 3.8) is 0 Å². The predicted molar refractivity (Wildman–Crippen MR) is 245 cm³/mol. The van der Waals surface area contributed by atoms with Gasteiger partial charge in [-0.3, -0.25) is 14.5 Å².